The first kappa shape index (κ1) is 27.9. The second-order valence-corrected chi connectivity index (χ2v) is 15.0. The van der Waals surface area contributed by atoms with Crippen molar-refractivity contribution in [2.24, 2.45) is 22.7 Å². The minimum absolute atomic E-state index is 0.00573. The summed E-state index contributed by atoms with van der Waals surface area (Å²) in [5, 5.41) is 4.45. The third-order valence-electron chi connectivity index (χ3n) is 12.3. The number of carbonyl (C=O) groups is 1. The summed E-state index contributed by atoms with van der Waals surface area (Å²) in [6.07, 6.45) is 10.8. The SMILES string of the molecule is CC1(C)[C@@H]2C[C@H]3OB([C@H](Cc4coc5ccccc45)NC(=O)Cc4ccc5c(c4)CC4(CCOCC4)CC5)O[C@@]3(C)[C@H]1C2. The minimum Gasteiger partial charge on any atom is -0.464 e. The van der Waals surface area contributed by atoms with Crippen LogP contribution >= 0.6 is 0 Å². The number of para-hydroxylation sites is 1. The molecule has 2 saturated heterocycles. The smallest absolute Gasteiger partial charge is 0.464 e. The van der Waals surface area contributed by atoms with E-state index < -0.39 is 7.12 Å². The first-order chi connectivity index (χ1) is 20.7. The maximum absolute atomic E-state index is 13.7. The summed E-state index contributed by atoms with van der Waals surface area (Å²) in [5.74, 6) is 0.827. The van der Waals surface area contributed by atoms with Crippen LogP contribution in [-0.4, -0.2) is 43.9 Å². The molecule has 1 aromatic heterocycles. The Morgan fingerprint density at radius 2 is 1.88 bits per heavy atom. The van der Waals surface area contributed by atoms with Gasteiger partial charge in [-0.05, 0) is 109 Å². The molecule has 2 aromatic carbocycles. The van der Waals surface area contributed by atoms with Crippen molar-refractivity contribution in [3.63, 3.8) is 0 Å². The van der Waals surface area contributed by atoms with Gasteiger partial charge in [0.05, 0.1) is 30.3 Å². The van der Waals surface area contributed by atoms with Gasteiger partial charge in [-0.2, -0.15) is 0 Å². The minimum atomic E-state index is -0.500. The number of hydrogen-bond acceptors (Lipinski definition) is 5. The zero-order chi connectivity index (χ0) is 29.4. The Morgan fingerprint density at radius 3 is 2.72 bits per heavy atom. The van der Waals surface area contributed by atoms with Gasteiger partial charge in [-0.1, -0.05) is 50.2 Å². The van der Waals surface area contributed by atoms with Gasteiger partial charge < -0.3 is 23.8 Å². The number of fused-ring (bicyclic) bond motifs is 2. The van der Waals surface area contributed by atoms with Crippen molar-refractivity contribution in [1.29, 1.82) is 0 Å². The molecule has 2 aliphatic heterocycles. The highest BCUT2D eigenvalue weighted by Crippen LogP contribution is 2.65. The van der Waals surface area contributed by atoms with Crippen LogP contribution in [0.2, 0.25) is 0 Å². The molecule has 5 fully saturated rings. The van der Waals surface area contributed by atoms with Crippen molar-refractivity contribution in [3.8, 4) is 0 Å². The van der Waals surface area contributed by atoms with E-state index in [9.17, 15) is 4.79 Å². The normalized spacial score (nSPS) is 30.9. The molecule has 2 bridgehead atoms. The van der Waals surface area contributed by atoms with Crippen LogP contribution < -0.4 is 5.32 Å². The second-order valence-electron chi connectivity index (χ2n) is 15.0. The summed E-state index contributed by atoms with van der Waals surface area (Å²) < 4.78 is 25.1. The van der Waals surface area contributed by atoms with Gasteiger partial charge in [-0.3, -0.25) is 4.79 Å². The molecule has 1 N–H and O–H groups in total. The number of nitrogens with one attached hydrogen (secondary N) is 1. The monoisotopic (exact) mass is 581 g/mol. The van der Waals surface area contributed by atoms with Gasteiger partial charge in [0.25, 0.3) is 0 Å². The van der Waals surface area contributed by atoms with E-state index in [0.717, 1.165) is 67.4 Å². The van der Waals surface area contributed by atoms with Crippen LogP contribution in [0.1, 0.15) is 75.1 Å². The molecule has 6 aliphatic rings. The molecule has 3 aromatic rings. The Kier molecular flexibility index (Phi) is 6.63. The second kappa shape index (κ2) is 10.2. The number of furan rings is 1. The van der Waals surface area contributed by atoms with Crippen LogP contribution in [0.5, 0.6) is 0 Å². The van der Waals surface area contributed by atoms with E-state index >= 15 is 0 Å². The highest BCUT2D eigenvalue weighted by atomic mass is 16.7. The van der Waals surface area contributed by atoms with Crippen LogP contribution in [0.3, 0.4) is 0 Å². The fraction of sp³-hybridized carbons (Fsp3) is 0.583. The largest absolute Gasteiger partial charge is 0.482 e. The lowest BCUT2D eigenvalue weighted by Crippen LogP contribution is -2.65. The lowest BCUT2D eigenvalue weighted by molar-refractivity contribution is -0.199. The molecule has 0 radical (unpaired) electrons. The zero-order valence-electron chi connectivity index (χ0n) is 25.8. The van der Waals surface area contributed by atoms with Crippen molar-refractivity contribution >= 4 is 24.0 Å². The Morgan fingerprint density at radius 1 is 1.05 bits per heavy atom. The number of hydrogen-bond donors (Lipinski definition) is 1. The Bertz CT molecular complexity index is 1540. The molecule has 43 heavy (non-hydrogen) atoms. The molecule has 1 amide bonds. The van der Waals surface area contributed by atoms with Gasteiger partial charge in [0.1, 0.15) is 5.58 Å². The zero-order valence-corrected chi connectivity index (χ0v) is 25.8. The number of amides is 1. The van der Waals surface area contributed by atoms with E-state index in [2.05, 4.69) is 50.4 Å². The van der Waals surface area contributed by atoms with E-state index in [4.69, 9.17) is 18.5 Å². The first-order valence-corrected chi connectivity index (χ1v) is 16.5. The van der Waals surface area contributed by atoms with Crippen LogP contribution in [-0.2, 0) is 44.5 Å². The third kappa shape index (κ3) is 4.69. The number of rotatable bonds is 6. The topological polar surface area (TPSA) is 69.9 Å². The highest BCUT2D eigenvalue weighted by Gasteiger charge is 2.68. The number of aryl methyl sites for hydroxylation is 1. The molecule has 1 spiro atoms. The number of carbonyl (C=O) groups excluding carboxylic acids is 1. The molecule has 6 nitrogen and oxygen atoms in total. The van der Waals surface area contributed by atoms with Crippen LogP contribution in [0.4, 0.5) is 0 Å². The Labute approximate surface area is 255 Å². The van der Waals surface area contributed by atoms with Gasteiger partial charge in [0.15, 0.2) is 0 Å². The molecule has 3 heterocycles. The first-order valence-electron chi connectivity index (χ1n) is 16.5. The van der Waals surface area contributed by atoms with Crippen molar-refractivity contribution < 1.29 is 23.3 Å². The predicted octanol–water partition coefficient (Wildman–Crippen LogP) is 6.26. The molecule has 226 valence electrons. The average Bonchev–Trinajstić information content (AvgIpc) is 3.57. The quantitative estimate of drug-likeness (QED) is 0.349. The van der Waals surface area contributed by atoms with Gasteiger partial charge in [0.2, 0.25) is 5.91 Å². The summed E-state index contributed by atoms with van der Waals surface area (Å²) in [7, 11) is -0.500. The van der Waals surface area contributed by atoms with Gasteiger partial charge in [0, 0.05) is 18.6 Å². The predicted molar refractivity (Wildman–Crippen MR) is 167 cm³/mol. The van der Waals surface area contributed by atoms with Crippen LogP contribution in [0.25, 0.3) is 11.0 Å². The maximum atomic E-state index is 13.7. The van der Waals surface area contributed by atoms with Crippen LogP contribution in [0, 0.1) is 22.7 Å². The maximum Gasteiger partial charge on any atom is 0.482 e. The summed E-state index contributed by atoms with van der Waals surface area (Å²) >= 11 is 0. The number of ether oxygens (including phenoxy) is 1. The highest BCUT2D eigenvalue weighted by molar-refractivity contribution is 6.48. The molecular formula is C36H44BNO5. The fourth-order valence-electron chi connectivity index (χ4n) is 9.48. The number of benzene rings is 2. The van der Waals surface area contributed by atoms with Gasteiger partial charge in [-0.25, -0.2) is 0 Å². The van der Waals surface area contributed by atoms with E-state index in [-0.39, 0.29) is 29.0 Å². The Hall–Kier alpha value is -2.61. The molecule has 9 rings (SSSR count). The molecule has 0 unspecified atom stereocenters. The lowest BCUT2D eigenvalue weighted by atomic mass is 9.43. The van der Waals surface area contributed by atoms with Crippen molar-refractivity contribution in [2.75, 3.05) is 13.2 Å². The molecule has 3 saturated carbocycles. The molecule has 5 atom stereocenters. The molecule has 4 aliphatic carbocycles. The van der Waals surface area contributed by atoms with E-state index in [1.807, 2.05) is 24.5 Å². The third-order valence-corrected chi connectivity index (χ3v) is 12.3. The Balaban J connectivity index is 1.02. The summed E-state index contributed by atoms with van der Waals surface area (Å²) in [4.78, 5) is 13.7. The van der Waals surface area contributed by atoms with Crippen molar-refractivity contribution in [2.45, 2.75) is 96.2 Å². The van der Waals surface area contributed by atoms with E-state index in [0.29, 0.717) is 30.1 Å². The lowest BCUT2D eigenvalue weighted by Gasteiger charge is -2.64. The van der Waals surface area contributed by atoms with Crippen molar-refractivity contribution in [1.82, 2.24) is 5.32 Å². The van der Waals surface area contributed by atoms with Gasteiger partial charge in [-0.15, -0.1) is 0 Å². The summed E-state index contributed by atoms with van der Waals surface area (Å²) in [6.45, 7) is 8.74. The van der Waals surface area contributed by atoms with Gasteiger partial charge >= 0.3 is 7.12 Å². The summed E-state index contributed by atoms with van der Waals surface area (Å²) in [5.41, 5.74) is 6.15. The van der Waals surface area contributed by atoms with Crippen LogP contribution in [0.15, 0.2) is 53.1 Å². The van der Waals surface area contributed by atoms with E-state index in [1.54, 1.807) is 0 Å². The average molecular weight is 582 g/mol. The van der Waals surface area contributed by atoms with Crippen molar-refractivity contribution in [3.05, 3.63) is 71.0 Å². The molecular weight excluding hydrogens is 537 g/mol. The van der Waals surface area contributed by atoms with E-state index in [1.165, 1.54) is 24.0 Å². The summed E-state index contributed by atoms with van der Waals surface area (Å²) in [6, 6.07) is 14.8. The standard InChI is InChI=1S/C36H44BNO5/c1-34(2)27-19-30(34)35(3)31(20-27)42-37(43-35)32(18-26-22-41-29-7-5-4-6-28(26)29)38-33(39)17-23-8-9-24-10-11-36(21-25(24)16-23)12-14-40-15-13-36/h4-9,16,22,27,30-32H,10-15,17-21H2,1-3H3,(H,38,39)/t27-,30-,31+,32-,35-/m0/s1. The fourth-order valence-corrected chi connectivity index (χ4v) is 9.48. The molecule has 7 heteroatoms.